The largest absolute Gasteiger partial charge is 0.490 e. The number of benzene rings is 3. The van der Waals surface area contributed by atoms with Crippen LogP contribution in [0.15, 0.2) is 60.7 Å². The van der Waals surface area contributed by atoms with E-state index in [-0.39, 0.29) is 35.4 Å². The average Bonchev–Trinajstić information content (AvgIpc) is 3.74. The molecular weight excluding hydrogens is 609 g/mol. The van der Waals surface area contributed by atoms with E-state index in [1.165, 1.54) is 12.1 Å². The van der Waals surface area contributed by atoms with Gasteiger partial charge in [0.15, 0.2) is 11.6 Å². The minimum Gasteiger partial charge on any atom is -0.490 e. The Labute approximate surface area is 278 Å². The summed E-state index contributed by atoms with van der Waals surface area (Å²) < 4.78 is 28.5. The van der Waals surface area contributed by atoms with Gasteiger partial charge >= 0.3 is 5.97 Å². The Hall–Kier alpha value is -5.37. The number of carboxylic acid groups (broad SMARTS) is 1. The highest BCUT2D eigenvalue weighted by atomic mass is 19.1. The lowest BCUT2D eigenvalue weighted by molar-refractivity contribution is -0.140. The number of aromatic nitrogens is 2. The van der Waals surface area contributed by atoms with Crippen LogP contribution in [0.2, 0.25) is 0 Å². The van der Waals surface area contributed by atoms with Gasteiger partial charge in [-0.2, -0.15) is 10.5 Å². The monoisotopic (exact) mass is 643 g/mol. The van der Waals surface area contributed by atoms with Crippen molar-refractivity contribution < 1.29 is 23.8 Å². The minimum absolute atomic E-state index is 0.0381. The van der Waals surface area contributed by atoms with Crippen LogP contribution in [0.25, 0.3) is 11.0 Å². The lowest BCUT2D eigenvalue weighted by Crippen LogP contribution is -2.38. The van der Waals surface area contributed by atoms with Gasteiger partial charge in [-0.1, -0.05) is 30.0 Å². The van der Waals surface area contributed by atoms with Crippen LogP contribution < -0.4 is 9.47 Å². The molecule has 4 aromatic rings. The molecular formula is C38H34FN5O4. The summed E-state index contributed by atoms with van der Waals surface area (Å²) in [5.41, 5.74) is 3.78. The fourth-order valence-electron chi connectivity index (χ4n) is 6.62. The summed E-state index contributed by atoms with van der Waals surface area (Å²) in [6.07, 6.45) is 4.26. The zero-order chi connectivity index (χ0) is 33.3. The fourth-order valence-corrected chi connectivity index (χ4v) is 6.62. The molecule has 1 saturated carbocycles. The van der Waals surface area contributed by atoms with E-state index in [1.54, 1.807) is 0 Å². The molecule has 0 radical (unpaired) electrons. The van der Waals surface area contributed by atoms with Gasteiger partial charge in [0.1, 0.15) is 30.2 Å². The first-order chi connectivity index (χ1) is 23.3. The van der Waals surface area contributed by atoms with E-state index in [0.29, 0.717) is 19.5 Å². The molecule has 0 spiro atoms. The van der Waals surface area contributed by atoms with Gasteiger partial charge in [-0.15, -0.1) is 0 Å². The Morgan fingerprint density at radius 1 is 1.08 bits per heavy atom. The highest BCUT2D eigenvalue weighted by molar-refractivity contribution is 5.81. The molecule has 10 heteroatoms. The summed E-state index contributed by atoms with van der Waals surface area (Å²) in [7, 11) is 0. The van der Waals surface area contributed by atoms with Crippen molar-refractivity contribution in [2.24, 2.45) is 11.3 Å². The van der Waals surface area contributed by atoms with Gasteiger partial charge in [0.25, 0.3) is 0 Å². The van der Waals surface area contributed by atoms with E-state index in [0.717, 1.165) is 78.6 Å². The second-order valence-corrected chi connectivity index (χ2v) is 13.1. The van der Waals surface area contributed by atoms with Crippen LogP contribution in [0.1, 0.15) is 60.5 Å². The molecule has 2 fully saturated rings. The maximum absolute atomic E-state index is 14.2. The average molecular weight is 644 g/mol. The van der Waals surface area contributed by atoms with Gasteiger partial charge in [-0.05, 0) is 79.3 Å². The molecule has 3 aromatic carbocycles. The molecule has 9 nitrogen and oxygen atoms in total. The van der Waals surface area contributed by atoms with Crippen molar-refractivity contribution in [1.82, 2.24) is 14.5 Å². The van der Waals surface area contributed by atoms with Gasteiger partial charge in [0, 0.05) is 31.5 Å². The van der Waals surface area contributed by atoms with Gasteiger partial charge in [-0.25, -0.2) is 9.37 Å². The van der Waals surface area contributed by atoms with Crippen molar-refractivity contribution in [3.63, 3.8) is 0 Å². The lowest BCUT2D eigenvalue weighted by Gasteiger charge is -2.32. The van der Waals surface area contributed by atoms with Crippen molar-refractivity contribution in [2.45, 2.75) is 63.8 Å². The number of hydrogen-bond donors (Lipinski definition) is 1. The Bertz CT molecular complexity index is 2020. The number of carbonyl (C=O) groups is 1. The molecule has 0 bridgehead atoms. The van der Waals surface area contributed by atoms with Gasteiger partial charge < -0.3 is 19.1 Å². The van der Waals surface area contributed by atoms with E-state index in [2.05, 4.69) is 27.4 Å². The van der Waals surface area contributed by atoms with Crippen molar-refractivity contribution in [3.8, 4) is 35.5 Å². The maximum Gasteiger partial charge on any atom is 0.320 e. The third kappa shape index (κ3) is 6.56. The molecule has 7 rings (SSSR count). The van der Waals surface area contributed by atoms with E-state index in [9.17, 15) is 19.6 Å². The highest BCUT2D eigenvalue weighted by Gasteiger charge is 2.43. The third-order valence-corrected chi connectivity index (χ3v) is 9.67. The van der Waals surface area contributed by atoms with Crippen LogP contribution in [0.5, 0.6) is 11.5 Å². The predicted octanol–water partition coefficient (Wildman–Crippen LogP) is 6.16. The molecule has 1 aromatic heterocycles. The first kappa shape index (κ1) is 31.2. The van der Waals surface area contributed by atoms with Crippen LogP contribution in [0.4, 0.5) is 4.39 Å². The Morgan fingerprint density at radius 3 is 2.60 bits per heavy atom. The molecule has 0 amide bonds. The van der Waals surface area contributed by atoms with Gasteiger partial charge in [-0.3, -0.25) is 9.69 Å². The van der Waals surface area contributed by atoms with Crippen LogP contribution >= 0.6 is 0 Å². The third-order valence-electron chi connectivity index (χ3n) is 9.67. The van der Waals surface area contributed by atoms with E-state index >= 15 is 0 Å². The molecule has 48 heavy (non-hydrogen) atoms. The second-order valence-electron chi connectivity index (χ2n) is 13.1. The van der Waals surface area contributed by atoms with Crippen LogP contribution in [-0.2, 0) is 24.5 Å². The lowest BCUT2D eigenvalue weighted by atomic mass is 9.80. The number of imidazole rings is 1. The summed E-state index contributed by atoms with van der Waals surface area (Å²) in [6, 6.07) is 22.0. The van der Waals surface area contributed by atoms with E-state index in [1.807, 2.05) is 48.5 Å². The highest BCUT2D eigenvalue weighted by Crippen LogP contribution is 2.50. The van der Waals surface area contributed by atoms with Crippen LogP contribution in [0.3, 0.4) is 0 Å². The predicted molar refractivity (Wildman–Crippen MR) is 174 cm³/mol. The number of ether oxygens (including phenoxy) is 2. The minimum atomic E-state index is -0.899. The topological polar surface area (TPSA) is 124 Å². The zero-order valence-electron chi connectivity index (χ0n) is 26.4. The number of likely N-dealkylation sites (tertiary alicyclic amines) is 1. The number of nitrogens with zero attached hydrogens (tertiary/aromatic N) is 5. The Morgan fingerprint density at radius 2 is 1.92 bits per heavy atom. The van der Waals surface area contributed by atoms with Crippen molar-refractivity contribution in [3.05, 3.63) is 89.0 Å². The Balaban J connectivity index is 1.00. The van der Waals surface area contributed by atoms with Crippen molar-refractivity contribution in [1.29, 1.82) is 10.5 Å². The molecule has 2 aliphatic carbocycles. The van der Waals surface area contributed by atoms with Crippen molar-refractivity contribution >= 4 is 17.0 Å². The number of piperidine rings is 1. The number of nitriles is 2. The summed E-state index contributed by atoms with van der Waals surface area (Å²) in [6.45, 7) is 3.22. The first-order valence-corrected chi connectivity index (χ1v) is 16.2. The van der Waals surface area contributed by atoms with Crippen LogP contribution in [0, 0.1) is 51.7 Å². The number of rotatable bonds is 12. The quantitative estimate of drug-likeness (QED) is 0.182. The molecule has 2 atom stereocenters. The number of halogens is 1. The summed E-state index contributed by atoms with van der Waals surface area (Å²) in [4.78, 5) is 19.1. The second kappa shape index (κ2) is 13.0. The molecule has 1 N–H and O–H groups in total. The standard InChI is InChI=1S/C38H34FN5O4/c39-32-19-25(21-41)4-9-35(32)47-23-26-2-1-3-29(18-26)48-28-10-16-43(17-11-28)22-36-42-33-8-5-27(30-6-7-31(30)37(45)46)20-34(33)44(36)24-38(12-13-38)14-15-40/h1-5,8-9,18-20,28,30-31H,10-14,16-17,22-24H2,(H,45,46). The molecule has 2 unspecified atom stereocenters. The van der Waals surface area contributed by atoms with E-state index in [4.69, 9.17) is 19.7 Å². The smallest absolute Gasteiger partial charge is 0.320 e. The molecule has 3 aliphatic rings. The molecule has 242 valence electrons. The molecule has 1 aliphatic heterocycles. The molecule has 2 heterocycles. The Kier molecular flexibility index (Phi) is 8.48. The van der Waals surface area contributed by atoms with Gasteiger partial charge in [0.2, 0.25) is 0 Å². The summed E-state index contributed by atoms with van der Waals surface area (Å²) in [5, 5.41) is 28.0. The first-order valence-electron chi connectivity index (χ1n) is 16.2. The van der Waals surface area contributed by atoms with Crippen molar-refractivity contribution in [2.75, 3.05) is 13.1 Å². The maximum atomic E-state index is 14.2. The summed E-state index contributed by atoms with van der Waals surface area (Å²) >= 11 is 0. The van der Waals surface area contributed by atoms with Gasteiger partial charge in [0.05, 0.1) is 41.2 Å². The number of carboxylic acids is 1. The van der Waals surface area contributed by atoms with Crippen LogP contribution in [-0.4, -0.2) is 44.7 Å². The number of hydrogen-bond acceptors (Lipinski definition) is 7. The zero-order valence-corrected chi connectivity index (χ0v) is 26.4. The molecule has 1 saturated heterocycles. The summed E-state index contributed by atoms with van der Waals surface area (Å²) in [5.74, 6) is 5.09. The SMILES string of the molecule is N#CCC1(Cn2c(CN3CCC(Oc4cccc(COc5ccc(C#N)cc5F)c4)CC3)nc3ccc(C4C#CC4C(=O)O)cc32)CC1. The van der Waals surface area contributed by atoms with E-state index < -0.39 is 17.7 Å². The number of aliphatic carboxylic acids is 1. The normalized spacial score (nSPS) is 19.7. The number of fused-ring (bicyclic) bond motifs is 1. The fraction of sp³-hybridized carbons (Fsp3) is 0.368.